The number of aliphatic carboxylic acids is 1. The number of nitrogens with zero attached hydrogens (tertiary/aromatic N) is 4. The lowest BCUT2D eigenvalue weighted by Crippen LogP contribution is -2.54. The van der Waals surface area contributed by atoms with Gasteiger partial charge in [-0.1, -0.05) is 12.1 Å². The number of carboxylic acid groups (broad SMARTS) is 1. The molecule has 1 aliphatic rings. The average Bonchev–Trinajstić information content (AvgIpc) is 3.11. The number of hydrogen-bond donors (Lipinski definition) is 2. The van der Waals surface area contributed by atoms with Gasteiger partial charge in [-0.3, -0.25) is 18.8 Å². The van der Waals surface area contributed by atoms with Crippen LogP contribution < -0.4 is 10.6 Å². The lowest BCUT2D eigenvalue weighted by Gasteiger charge is -2.39. The number of amides is 1. The van der Waals surface area contributed by atoms with Crippen LogP contribution in [0.1, 0.15) is 30.5 Å². The van der Waals surface area contributed by atoms with Crippen LogP contribution in [0.5, 0.6) is 0 Å². The van der Waals surface area contributed by atoms with E-state index in [1.165, 1.54) is 23.6 Å². The zero-order valence-electron chi connectivity index (χ0n) is 20.3. The van der Waals surface area contributed by atoms with Gasteiger partial charge in [0.05, 0.1) is 23.1 Å². The van der Waals surface area contributed by atoms with E-state index in [9.17, 15) is 37.8 Å². The Labute approximate surface area is 209 Å². The molecule has 1 aromatic heterocycles. The van der Waals surface area contributed by atoms with Crippen molar-refractivity contribution >= 4 is 28.6 Å². The molecule has 1 aliphatic heterocycles. The first kappa shape index (κ1) is 26.0. The number of halogens is 3. The molecule has 37 heavy (non-hydrogen) atoms. The number of aliphatic hydroxyl groups excluding tert-OH is 1. The third-order valence-electron chi connectivity index (χ3n) is 6.54. The van der Waals surface area contributed by atoms with Crippen molar-refractivity contribution in [2.24, 2.45) is 0 Å². The molecule has 2 N–H and O–H groups in total. The SMILES string of the molecule is CCn1c(=O)n(CC)c2cc(N3C=C(C(=O)O)C(=O)N(Cc4cccc(C(F)(F)F)c4C)C3O)ccc21. The number of fused-ring (bicyclic) bond motifs is 1. The van der Waals surface area contributed by atoms with Gasteiger partial charge in [-0.25, -0.2) is 9.59 Å². The predicted octanol–water partition coefficient (Wildman–Crippen LogP) is 3.26. The number of imidazole rings is 1. The second kappa shape index (κ2) is 9.43. The van der Waals surface area contributed by atoms with Crippen LogP contribution in [-0.2, 0) is 35.4 Å². The number of hydrogen-bond acceptors (Lipinski definition) is 5. The summed E-state index contributed by atoms with van der Waals surface area (Å²) in [5, 5.41) is 20.8. The van der Waals surface area contributed by atoms with Crippen LogP contribution >= 0.6 is 0 Å². The number of alkyl halides is 3. The Bertz CT molecular complexity index is 1490. The number of carbonyl (C=O) groups excluding carboxylic acids is 1. The van der Waals surface area contributed by atoms with E-state index in [1.807, 2.05) is 6.92 Å². The van der Waals surface area contributed by atoms with Gasteiger partial charge in [-0.15, -0.1) is 0 Å². The first-order chi connectivity index (χ1) is 17.4. The maximum absolute atomic E-state index is 13.4. The van der Waals surface area contributed by atoms with Crippen molar-refractivity contribution in [3.63, 3.8) is 0 Å². The van der Waals surface area contributed by atoms with Crippen molar-refractivity contribution in [2.75, 3.05) is 4.90 Å². The van der Waals surface area contributed by atoms with Gasteiger partial charge in [0.25, 0.3) is 5.91 Å². The summed E-state index contributed by atoms with van der Waals surface area (Å²) in [5.41, 5.74) is -0.359. The fourth-order valence-corrected chi connectivity index (χ4v) is 4.60. The lowest BCUT2D eigenvalue weighted by molar-refractivity contribution is -0.144. The number of carboxylic acids is 1. The van der Waals surface area contributed by atoms with Crippen molar-refractivity contribution in [2.45, 2.75) is 52.9 Å². The first-order valence-electron chi connectivity index (χ1n) is 11.5. The van der Waals surface area contributed by atoms with E-state index in [4.69, 9.17) is 0 Å². The summed E-state index contributed by atoms with van der Waals surface area (Å²) in [4.78, 5) is 39.5. The van der Waals surface area contributed by atoms with Gasteiger partial charge in [-0.05, 0) is 56.2 Å². The Morgan fingerprint density at radius 3 is 2.27 bits per heavy atom. The third kappa shape index (κ3) is 4.37. The summed E-state index contributed by atoms with van der Waals surface area (Å²) in [6.07, 6.45) is -5.36. The van der Waals surface area contributed by atoms with Crippen LogP contribution in [0.3, 0.4) is 0 Å². The lowest BCUT2D eigenvalue weighted by atomic mass is 10.0. The molecule has 9 nitrogen and oxygen atoms in total. The maximum atomic E-state index is 13.4. The van der Waals surface area contributed by atoms with Gasteiger partial charge in [-0.2, -0.15) is 13.2 Å². The standard InChI is InChI=1S/C25H25F3N4O5/c1-4-29-19-10-9-16(11-20(19)30(5-2)23(29)36)31-13-17(22(34)35)21(33)32(24(31)37)12-15-7-6-8-18(14(15)3)25(26,27)28/h6-11,13,24,37H,4-5,12H2,1-3H3,(H,34,35). The molecule has 0 spiro atoms. The molecule has 0 fully saturated rings. The number of anilines is 1. The first-order valence-corrected chi connectivity index (χ1v) is 11.5. The van der Waals surface area contributed by atoms with Crippen LogP contribution in [0.25, 0.3) is 11.0 Å². The summed E-state index contributed by atoms with van der Waals surface area (Å²) < 4.78 is 43.3. The number of carbonyl (C=O) groups is 2. The highest BCUT2D eigenvalue weighted by atomic mass is 19.4. The molecule has 3 aromatic rings. The van der Waals surface area contributed by atoms with Gasteiger partial charge < -0.3 is 15.1 Å². The molecular weight excluding hydrogens is 493 g/mol. The molecule has 2 aromatic carbocycles. The zero-order valence-corrected chi connectivity index (χ0v) is 20.3. The molecule has 0 saturated heterocycles. The Kier molecular flexibility index (Phi) is 6.63. The molecule has 1 amide bonds. The number of benzene rings is 2. The van der Waals surface area contributed by atoms with Crippen LogP contribution in [-0.4, -0.2) is 42.5 Å². The summed E-state index contributed by atoms with van der Waals surface area (Å²) in [6.45, 7) is 5.19. The summed E-state index contributed by atoms with van der Waals surface area (Å²) in [7, 11) is 0. The van der Waals surface area contributed by atoms with Crippen LogP contribution in [0.4, 0.5) is 18.9 Å². The largest absolute Gasteiger partial charge is 0.477 e. The zero-order chi connectivity index (χ0) is 27.2. The highest BCUT2D eigenvalue weighted by molar-refractivity contribution is 6.16. The Morgan fingerprint density at radius 1 is 1.03 bits per heavy atom. The molecule has 0 saturated carbocycles. The van der Waals surface area contributed by atoms with E-state index in [0.717, 1.165) is 22.1 Å². The molecule has 1 unspecified atom stereocenters. The number of aromatic nitrogens is 2. The van der Waals surface area contributed by atoms with E-state index in [2.05, 4.69) is 0 Å². The Hall–Kier alpha value is -4.06. The van der Waals surface area contributed by atoms with E-state index >= 15 is 0 Å². The topological polar surface area (TPSA) is 108 Å². The fraction of sp³-hybridized carbons (Fsp3) is 0.320. The van der Waals surface area contributed by atoms with E-state index in [-0.39, 0.29) is 22.5 Å². The van der Waals surface area contributed by atoms with Gasteiger partial charge in [0.2, 0.25) is 6.35 Å². The van der Waals surface area contributed by atoms with E-state index in [1.54, 1.807) is 29.7 Å². The monoisotopic (exact) mass is 518 g/mol. The highest BCUT2D eigenvalue weighted by Gasteiger charge is 2.39. The number of aryl methyl sites for hydroxylation is 2. The third-order valence-corrected chi connectivity index (χ3v) is 6.54. The van der Waals surface area contributed by atoms with E-state index in [0.29, 0.717) is 24.1 Å². The van der Waals surface area contributed by atoms with Crippen LogP contribution in [0.15, 0.2) is 53.0 Å². The van der Waals surface area contributed by atoms with Crippen LogP contribution in [0, 0.1) is 6.92 Å². The number of rotatable bonds is 6. The smallest absolute Gasteiger partial charge is 0.416 e. The molecular formula is C25H25F3N4O5. The predicted molar refractivity (Wildman–Crippen MR) is 128 cm³/mol. The highest BCUT2D eigenvalue weighted by Crippen LogP contribution is 2.34. The van der Waals surface area contributed by atoms with Gasteiger partial charge in [0, 0.05) is 25.0 Å². The maximum Gasteiger partial charge on any atom is 0.416 e. The Morgan fingerprint density at radius 2 is 1.68 bits per heavy atom. The molecule has 12 heteroatoms. The van der Waals surface area contributed by atoms with E-state index < -0.39 is 42.1 Å². The van der Waals surface area contributed by atoms with Crippen molar-refractivity contribution in [1.29, 1.82) is 0 Å². The van der Waals surface area contributed by atoms with Gasteiger partial charge in [0.15, 0.2) is 0 Å². The van der Waals surface area contributed by atoms with Crippen LogP contribution in [0.2, 0.25) is 0 Å². The number of aliphatic hydroxyl groups is 1. The van der Waals surface area contributed by atoms with Gasteiger partial charge >= 0.3 is 17.8 Å². The van der Waals surface area contributed by atoms with Crippen molar-refractivity contribution in [3.8, 4) is 0 Å². The summed E-state index contributed by atoms with van der Waals surface area (Å²) in [5.74, 6) is -2.60. The minimum atomic E-state index is -4.62. The molecule has 0 bridgehead atoms. The summed E-state index contributed by atoms with van der Waals surface area (Å²) >= 11 is 0. The van der Waals surface area contributed by atoms with Gasteiger partial charge in [0.1, 0.15) is 5.57 Å². The Balaban J connectivity index is 1.81. The van der Waals surface area contributed by atoms with Crippen molar-refractivity contribution in [1.82, 2.24) is 14.0 Å². The second-order valence-corrected chi connectivity index (χ2v) is 8.57. The van der Waals surface area contributed by atoms with Crippen molar-refractivity contribution in [3.05, 3.63) is 75.3 Å². The average molecular weight is 518 g/mol. The van der Waals surface area contributed by atoms with Crippen molar-refractivity contribution < 1.29 is 33.0 Å². The minimum absolute atomic E-state index is 0.101. The molecule has 1 atom stereocenters. The minimum Gasteiger partial charge on any atom is -0.477 e. The molecule has 4 rings (SSSR count). The fourth-order valence-electron chi connectivity index (χ4n) is 4.60. The quantitative estimate of drug-likeness (QED) is 0.485. The second-order valence-electron chi connectivity index (χ2n) is 8.57. The summed E-state index contributed by atoms with van der Waals surface area (Å²) in [6, 6.07) is 8.29. The normalized spacial score (nSPS) is 16.5. The molecule has 196 valence electrons. The molecule has 2 heterocycles. The molecule has 0 radical (unpaired) electrons. The molecule has 0 aliphatic carbocycles.